The molecule has 1 aliphatic heterocycles. The number of benzene rings is 2. The Kier molecular flexibility index (Phi) is 3.77. The molecule has 0 atom stereocenters. The van der Waals surface area contributed by atoms with E-state index in [9.17, 15) is 13.2 Å². The third-order valence-corrected chi connectivity index (χ3v) is 6.71. The van der Waals surface area contributed by atoms with Crippen LogP contribution in [-0.2, 0) is 27.7 Å². The van der Waals surface area contributed by atoms with E-state index in [1.165, 1.54) is 27.6 Å². The average molecular weight is 358 g/mol. The molecule has 2 aromatic rings. The number of ether oxygens (including phenoxy) is 1. The standard InChI is InChI=1S/C18H18N2O4S/c1-20(14-8-12-4-2-3-5-13(12)9-14)25(22,23)15-6-7-16-17(10-15)24-11-18(21)19-16/h2-7,10,14H,8-9,11H2,1H3,(H,19,21). The molecule has 25 heavy (non-hydrogen) atoms. The molecule has 4 rings (SSSR count). The summed E-state index contributed by atoms with van der Waals surface area (Å²) in [7, 11) is -2.03. The number of likely N-dealkylation sites (N-methyl/N-ethyl adjacent to an activating group) is 1. The molecule has 7 heteroatoms. The number of anilines is 1. The van der Waals surface area contributed by atoms with Crippen LogP contribution in [0.1, 0.15) is 11.1 Å². The first kappa shape index (κ1) is 16.1. The molecule has 0 saturated heterocycles. The van der Waals surface area contributed by atoms with E-state index >= 15 is 0 Å². The molecule has 2 aromatic carbocycles. The molecular weight excluding hydrogens is 340 g/mol. The van der Waals surface area contributed by atoms with Crippen LogP contribution in [0.3, 0.4) is 0 Å². The van der Waals surface area contributed by atoms with E-state index in [-0.39, 0.29) is 23.5 Å². The van der Waals surface area contributed by atoms with Crippen LogP contribution >= 0.6 is 0 Å². The lowest BCUT2D eigenvalue weighted by Gasteiger charge is -2.25. The molecule has 0 radical (unpaired) electrons. The monoisotopic (exact) mass is 358 g/mol. The predicted molar refractivity (Wildman–Crippen MR) is 93.2 cm³/mol. The van der Waals surface area contributed by atoms with Crippen LogP contribution in [0.4, 0.5) is 5.69 Å². The lowest BCUT2D eigenvalue weighted by Crippen LogP contribution is -2.37. The summed E-state index contributed by atoms with van der Waals surface area (Å²) in [5, 5.41) is 2.66. The van der Waals surface area contributed by atoms with Crippen molar-refractivity contribution in [3.63, 3.8) is 0 Å². The Morgan fingerprint density at radius 1 is 1.12 bits per heavy atom. The van der Waals surface area contributed by atoms with Crippen molar-refractivity contribution in [1.29, 1.82) is 0 Å². The SMILES string of the molecule is CN(C1Cc2ccccc2C1)S(=O)(=O)c1ccc2c(c1)OCC(=O)N2. The molecule has 1 N–H and O–H groups in total. The molecule has 0 bridgehead atoms. The van der Waals surface area contributed by atoms with Crippen LogP contribution in [0.5, 0.6) is 5.75 Å². The van der Waals surface area contributed by atoms with Crippen LogP contribution < -0.4 is 10.1 Å². The minimum Gasteiger partial charge on any atom is -0.482 e. The number of nitrogens with one attached hydrogen (secondary N) is 1. The Bertz CT molecular complexity index is 930. The first-order chi connectivity index (χ1) is 11.9. The number of rotatable bonds is 3. The highest BCUT2D eigenvalue weighted by Gasteiger charge is 2.33. The summed E-state index contributed by atoms with van der Waals surface area (Å²) in [5.74, 6) is 0.132. The van der Waals surface area contributed by atoms with Crippen molar-refractivity contribution in [1.82, 2.24) is 4.31 Å². The van der Waals surface area contributed by atoms with Gasteiger partial charge in [-0.3, -0.25) is 4.79 Å². The Labute approximate surface area is 146 Å². The molecule has 0 fully saturated rings. The van der Waals surface area contributed by atoms with Crippen molar-refractivity contribution in [3.05, 3.63) is 53.6 Å². The van der Waals surface area contributed by atoms with Gasteiger partial charge in [0.1, 0.15) is 5.75 Å². The van der Waals surface area contributed by atoms with Crippen LogP contribution in [0, 0.1) is 0 Å². The van der Waals surface area contributed by atoms with Crippen molar-refractivity contribution < 1.29 is 17.9 Å². The number of fused-ring (bicyclic) bond motifs is 2. The summed E-state index contributed by atoms with van der Waals surface area (Å²) in [5.41, 5.74) is 2.89. The van der Waals surface area contributed by atoms with Crippen molar-refractivity contribution in [2.45, 2.75) is 23.8 Å². The number of sulfonamides is 1. The number of carbonyl (C=O) groups is 1. The number of carbonyl (C=O) groups excluding carboxylic acids is 1. The van der Waals surface area contributed by atoms with Gasteiger partial charge < -0.3 is 10.1 Å². The quantitative estimate of drug-likeness (QED) is 0.908. The second-order valence-corrected chi connectivity index (χ2v) is 8.34. The average Bonchev–Trinajstić information content (AvgIpc) is 3.04. The van der Waals surface area contributed by atoms with Gasteiger partial charge in [-0.15, -0.1) is 0 Å². The van der Waals surface area contributed by atoms with E-state index < -0.39 is 10.0 Å². The molecule has 0 aromatic heterocycles. The second kappa shape index (κ2) is 5.86. The summed E-state index contributed by atoms with van der Waals surface area (Å²) in [6.07, 6.45) is 1.42. The number of hydrogen-bond acceptors (Lipinski definition) is 4. The molecule has 6 nitrogen and oxygen atoms in total. The molecule has 130 valence electrons. The first-order valence-electron chi connectivity index (χ1n) is 8.06. The molecule has 0 unspecified atom stereocenters. The summed E-state index contributed by atoms with van der Waals surface area (Å²) in [6.45, 7) is -0.107. The van der Waals surface area contributed by atoms with E-state index in [4.69, 9.17) is 4.74 Å². The zero-order valence-corrected chi connectivity index (χ0v) is 14.5. The van der Waals surface area contributed by atoms with Gasteiger partial charge in [-0.2, -0.15) is 4.31 Å². The highest BCUT2D eigenvalue weighted by atomic mass is 32.2. The molecule has 2 aliphatic rings. The van der Waals surface area contributed by atoms with Gasteiger partial charge in [-0.1, -0.05) is 24.3 Å². The third-order valence-electron chi connectivity index (χ3n) is 4.81. The summed E-state index contributed by atoms with van der Waals surface area (Å²) < 4.78 is 32.8. The van der Waals surface area contributed by atoms with E-state index in [0.717, 1.165) is 0 Å². The largest absolute Gasteiger partial charge is 0.482 e. The Morgan fingerprint density at radius 3 is 2.48 bits per heavy atom. The van der Waals surface area contributed by atoms with E-state index in [1.54, 1.807) is 13.1 Å². The highest BCUT2D eigenvalue weighted by Crippen LogP contribution is 2.33. The maximum absolute atomic E-state index is 13.0. The fraction of sp³-hybridized carbons (Fsp3) is 0.278. The molecule has 1 heterocycles. The van der Waals surface area contributed by atoms with E-state index in [1.807, 2.05) is 24.3 Å². The Morgan fingerprint density at radius 2 is 1.80 bits per heavy atom. The Hall–Kier alpha value is -2.38. The predicted octanol–water partition coefficient (Wildman–Crippen LogP) is 1.81. The van der Waals surface area contributed by atoms with Gasteiger partial charge in [0.25, 0.3) is 5.91 Å². The molecule has 0 saturated carbocycles. The van der Waals surface area contributed by atoms with Crippen molar-refractivity contribution in [3.8, 4) is 5.75 Å². The molecular formula is C18H18N2O4S. The summed E-state index contributed by atoms with van der Waals surface area (Å²) in [6, 6.07) is 12.5. The fourth-order valence-electron chi connectivity index (χ4n) is 3.37. The van der Waals surface area contributed by atoms with Crippen LogP contribution in [-0.4, -0.2) is 38.3 Å². The van der Waals surface area contributed by atoms with Crippen molar-refractivity contribution in [2.75, 3.05) is 19.0 Å². The normalized spacial score (nSPS) is 17.0. The molecule has 0 spiro atoms. The second-order valence-electron chi connectivity index (χ2n) is 6.35. The minimum absolute atomic E-state index is 0.0981. The van der Waals surface area contributed by atoms with Crippen molar-refractivity contribution in [2.24, 2.45) is 0 Å². The maximum atomic E-state index is 13.0. The van der Waals surface area contributed by atoms with Crippen LogP contribution in [0.25, 0.3) is 0 Å². The number of nitrogens with zero attached hydrogens (tertiary/aromatic N) is 1. The van der Waals surface area contributed by atoms with Gasteiger partial charge in [-0.25, -0.2) is 8.42 Å². The maximum Gasteiger partial charge on any atom is 0.262 e. The Balaban J connectivity index is 1.61. The zero-order valence-electron chi connectivity index (χ0n) is 13.7. The third kappa shape index (κ3) is 2.79. The van der Waals surface area contributed by atoms with Gasteiger partial charge in [0.15, 0.2) is 6.61 Å². The molecule has 1 aliphatic carbocycles. The number of hydrogen-bond donors (Lipinski definition) is 1. The van der Waals surface area contributed by atoms with E-state index in [0.29, 0.717) is 24.3 Å². The van der Waals surface area contributed by atoms with Gasteiger partial charge in [0, 0.05) is 19.2 Å². The summed E-state index contributed by atoms with van der Waals surface area (Å²) in [4.78, 5) is 11.5. The first-order valence-corrected chi connectivity index (χ1v) is 9.50. The van der Waals surface area contributed by atoms with Gasteiger partial charge >= 0.3 is 0 Å². The number of amides is 1. The fourth-order valence-corrected chi connectivity index (χ4v) is 4.74. The zero-order chi connectivity index (χ0) is 17.6. The van der Waals surface area contributed by atoms with Gasteiger partial charge in [0.05, 0.1) is 10.6 Å². The summed E-state index contributed by atoms with van der Waals surface area (Å²) >= 11 is 0. The lowest BCUT2D eigenvalue weighted by molar-refractivity contribution is -0.118. The van der Waals surface area contributed by atoms with Crippen LogP contribution in [0.2, 0.25) is 0 Å². The topological polar surface area (TPSA) is 75.7 Å². The smallest absolute Gasteiger partial charge is 0.262 e. The van der Waals surface area contributed by atoms with Gasteiger partial charge in [-0.05, 0) is 36.1 Å². The minimum atomic E-state index is -3.65. The highest BCUT2D eigenvalue weighted by molar-refractivity contribution is 7.89. The van der Waals surface area contributed by atoms with Crippen LogP contribution in [0.15, 0.2) is 47.4 Å². The van der Waals surface area contributed by atoms with Crippen molar-refractivity contribution >= 4 is 21.6 Å². The van der Waals surface area contributed by atoms with E-state index in [2.05, 4.69) is 5.32 Å². The molecule has 1 amide bonds. The van der Waals surface area contributed by atoms with Gasteiger partial charge in [0.2, 0.25) is 10.0 Å². The lowest BCUT2D eigenvalue weighted by atomic mass is 10.1.